The maximum absolute atomic E-state index is 11.8. The van der Waals surface area contributed by atoms with Gasteiger partial charge < -0.3 is 15.4 Å². The Balaban J connectivity index is 1.91. The molecule has 1 aromatic rings. The van der Waals surface area contributed by atoms with Crippen molar-refractivity contribution in [2.24, 2.45) is 0 Å². The number of aryl methyl sites for hydroxylation is 1. The quantitative estimate of drug-likeness (QED) is 0.846. The zero-order valence-electron chi connectivity index (χ0n) is 11.0. The minimum absolute atomic E-state index is 0.0163. The van der Waals surface area contributed by atoms with Crippen LogP contribution in [0.25, 0.3) is 0 Å². The fourth-order valence-electron chi connectivity index (χ4n) is 2.20. The third kappa shape index (κ3) is 3.01. The van der Waals surface area contributed by atoms with Gasteiger partial charge in [-0.15, -0.1) is 0 Å². The van der Waals surface area contributed by atoms with Crippen LogP contribution in [0.15, 0.2) is 18.2 Å². The molecule has 1 aromatic carbocycles. The molecule has 1 fully saturated rings. The van der Waals surface area contributed by atoms with Crippen LogP contribution in [0.1, 0.15) is 24.0 Å². The first-order chi connectivity index (χ1) is 8.70. The van der Waals surface area contributed by atoms with Crippen LogP contribution in [0.2, 0.25) is 0 Å². The lowest BCUT2D eigenvalue weighted by Gasteiger charge is -2.12. The van der Waals surface area contributed by atoms with E-state index in [0.717, 1.165) is 36.3 Å². The molecule has 2 N–H and O–H groups in total. The van der Waals surface area contributed by atoms with E-state index in [4.69, 9.17) is 4.74 Å². The van der Waals surface area contributed by atoms with Crippen LogP contribution in [0, 0.1) is 6.92 Å². The number of carbonyl (C=O) groups excluding carboxylic acids is 1. The summed E-state index contributed by atoms with van der Waals surface area (Å²) in [7, 11) is 1.66. The smallest absolute Gasteiger partial charge is 0.237 e. The molecule has 0 spiro atoms. The highest BCUT2D eigenvalue weighted by atomic mass is 16.5. The van der Waals surface area contributed by atoms with Gasteiger partial charge in [-0.05, 0) is 43.5 Å². The van der Waals surface area contributed by atoms with Crippen molar-refractivity contribution in [3.05, 3.63) is 29.3 Å². The number of ether oxygens (including phenoxy) is 1. The lowest BCUT2D eigenvalue weighted by Crippen LogP contribution is -2.39. The second kappa shape index (κ2) is 5.87. The minimum atomic E-state index is -0.0163. The molecule has 1 aliphatic heterocycles. The number of hydrogen-bond donors (Lipinski definition) is 2. The number of hydrogen-bond acceptors (Lipinski definition) is 3. The maximum Gasteiger partial charge on any atom is 0.237 e. The molecule has 4 heteroatoms. The molecule has 4 nitrogen and oxygen atoms in total. The topological polar surface area (TPSA) is 50.4 Å². The Labute approximate surface area is 108 Å². The van der Waals surface area contributed by atoms with Crippen molar-refractivity contribution in [1.29, 1.82) is 0 Å². The molecule has 0 aliphatic carbocycles. The molecular formula is C14H20N2O2. The molecular weight excluding hydrogens is 228 g/mol. The standard InChI is InChI=1S/C14H20N2O2/c1-10-5-6-11(8-13(10)18-2)9-16-14(17)12-4-3-7-15-12/h5-6,8,12,15H,3-4,7,9H2,1-2H3,(H,16,17)/t12-/m0/s1. The number of methoxy groups -OCH3 is 1. The van der Waals surface area contributed by atoms with Gasteiger partial charge in [0.05, 0.1) is 13.2 Å². The van der Waals surface area contributed by atoms with Crippen LogP contribution in [0.4, 0.5) is 0 Å². The first kappa shape index (κ1) is 12.9. The van der Waals surface area contributed by atoms with E-state index in [1.807, 2.05) is 25.1 Å². The Bertz CT molecular complexity index is 426. The molecule has 18 heavy (non-hydrogen) atoms. The van der Waals surface area contributed by atoms with Gasteiger partial charge in [0.15, 0.2) is 0 Å². The van der Waals surface area contributed by atoms with Gasteiger partial charge >= 0.3 is 0 Å². The van der Waals surface area contributed by atoms with Gasteiger partial charge in [0.2, 0.25) is 5.91 Å². The van der Waals surface area contributed by atoms with Crippen molar-refractivity contribution in [1.82, 2.24) is 10.6 Å². The van der Waals surface area contributed by atoms with E-state index in [0.29, 0.717) is 6.54 Å². The van der Waals surface area contributed by atoms with E-state index in [1.54, 1.807) is 7.11 Å². The molecule has 0 unspecified atom stereocenters. The summed E-state index contributed by atoms with van der Waals surface area (Å²) in [5.74, 6) is 0.952. The Hall–Kier alpha value is -1.55. The highest BCUT2D eigenvalue weighted by Gasteiger charge is 2.21. The van der Waals surface area contributed by atoms with E-state index in [2.05, 4.69) is 10.6 Å². The number of benzene rings is 1. The molecule has 98 valence electrons. The lowest BCUT2D eigenvalue weighted by atomic mass is 10.1. The predicted molar refractivity (Wildman–Crippen MR) is 70.6 cm³/mol. The maximum atomic E-state index is 11.8. The lowest BCUT2D eigenvalue weighted by molar-refractivity contribution is -0.122. The predicted octanol–water partition coefficient (Wildman–Crippen LogP) is 1.37. The molecule has 1 saturated heterocycles. The Morgan fingerprint density at radius 3 is 3.06 bits per heavy atom. The summed E-state index contributed by atoms with van der Waals surface area (Å²) in [6, 6.07) is 5.98. The number of rotatable bonds is 4. The van der Waals surface area contributed by atoms with E-state index in [1.165, 1.54) is 0 Å². The summed E-state index contributed by atoms with van der Waals surface area (Å²) < 4.78 is 5.27. The highest BCUT2D eigenvalue weighted by molar-refractivity contribution is 5.81. The van der Waals surface area contributed by atoms with Crippen LogP contribution in [0.3, 0.4) is 0 Å². The second-order valence-electron chi connectivity index (χ2n) is 4.67. The van der Waals surface area contributed by atoms with E-state index in [9.17, 15) is 4.79 Å². The van der Waals surface area contributed by atoms with Crippen LogP contribution in [-0.2, 0) is 11.3 Å². The fourth-order valence-corrected chi connectivity index (χ4v) is 2.20. The largest absolute Gasteiger partial charge is 0.496 e. The average Bonchev–Trinajstić information content (AvgIpc) is 2.91. The van der Waals surface area contributed by atoms with E-state index >= 15 is 0 Å². The fraction of sp³-hybridized carbons (Fsp3) is 0.500. The first-order valence-electron chi connectivity index (χ1n) is 6.35. The minimum Gasteiger partial charge on any atom is -0.496 e. The van der Waals surface area contributed by atoms with E-state index < -0.39 is 0 Å². The third-order valence-electron chi connectivity index (χ3n) is 3.32. The summed E-state index contributed by atoms with van der Waals surface area (Å²) >= 11 is 0. The number of carbonyl (C=O) groups is 1. The van der Waals surface area contributed by atoms with Gasteiger partial charge in [-0.3, -0.25) is 4.79 Å². The number of nitrogens with one attached hydrogen (secondary N) is 2. The van der Waals surface area contributed by atoms with Crippen LogP contribution in [-0.4, -0.2) is 25.6 Å². The molecule has 1 aliphatic rings. The molecule has 0 aromatic heterocycles. The van der Waals surface area contributed by atoms with Crippen molar-refractivity contribution >= 4 is 5.91 Å². The van der Waals surface area contributed by atoms with Gasteiger partial charge in [-0.25, -0.2) is 0 Å². The molecule has 0 bridgehead atoms. The Kier molecular flexibility index (Phi) is 4.20. The van der Waals surface area contributed by atoms with Gasteiger partial charge in [-0.2, -0.15) is 0 Å². The summed E-state index contributed by atoms with van der Waals surface area (Å²) in [6.45, 7) is 3.49. The third-order valence-corrected chi connectivity index (χ3v) is 3.32. The van der Waals surface area contributed by atoms with Crippen molar-refractivity contribution in [2.75, 3.05) is 13.7 Å². The van der Waals surface area contributed by atoms with Crippen molar-refractivity contribution in [3.8, 4) is 5.75 Å². The van der Waals surface area contributed by atoms with E-state index in [-0.39, 0.29) is 11.9 Å². The monoisotopic (exact) mass is 248 g/mol. The van der Waals surface area contributed by atoms with Crippen LogP contribution in [0.5, 0.6) is 5.75 Å². The van der Waals surface area contributed by atoms with Gasteiger partial charge in [0.1, 0.15) is 5.75 Å². The van der Waals surface area contributed by atoms with Crippen molar-refractivity contribution < 1.29 is 9.53 Å². The molecule has 1 amide bonds. The highest BCUT2D eigenvalue weighted by Crippen LogP contribution is 2.18. The average molecular weight is 248 g/mol. The SMILES string of the molecule is COc1cc(CNC(=O)[C@@H]2CCCN2)ccc1C. The van der Waals surface area contributed by atoms with Gasteiger partial charge in [-0.1, -0.05) is 12.1 Å². The Morgan fingerprint density at radius 2 is 2.39 bits per heavy atom. The number of amides is 1. The normalized spacial score (nSPS) is 18.7. The molecule has 0 saturated carbocycles. The molecule has 0 radical (unpaired) electrons. The summed E-state index contributed by atoms with van der Waals surface area (Å²) in [5, 5.41) is 6.14. The van der Waals surface area contributed by atoms with Crippen LogP contribution < -0.4 is 15.4 Å². The molecule has 1 atom stereocenters. The Morgan fingerprint density at radius 1 is 1.56 bits per heavy atom. The van der Waals surface area contributed by atoms with Crippen LogP contribution >= 0.6 is 0 Å². The molecule has 2 rings (SSSR count). The second-order valence-corrected chi connectivity index (χ2v) is 4.67. The summed E-state index contributed by atoms with van der Waals surface area (Å²) in [4.78, 5) is 11.8. The summed E-state index contributed by atoms with van der Waals surface area (Å²) in [5.41, 5.74) is 2.16. The van der Waals surface area contributed by atoms with Gasteiger partial charge in [0, 0.05) is 6.54 Å². The first-order valence-corrected chi connectivity index (χ1v) is 6.35. The van der Waals surface area contributed by atoms with Crippen molar-refractivity contribution in [3.63, 3.8) is 0 Å². The molecule has 1 heterocycles. The zero-order valence-corrected chi connectivity index (χ0v) is 11.0. The van der Waals surface area contributed by atoms with Gasteiger partial charge in [0.25, 0.3) is 0 Å². The van der Waals surface area contributed by atoms with Crippen molar-refractivity contribution in [2.45, 2.75) is 32.4 Å². The zero-order chi connectivity index (χ0) is 13.0. The summed E-state index contributed by atoms with van der Waals surface area (Å²) in [6.07, 6.45) is 2.01.